The van der Waals surface area contributed by atoms with Crippen LogP contribution in [0.4, 0.5) is 0 Å². The molecule has 0 radical (unpaired) electrons. The lowest BCUT2D eigenvalue weighted by atomic mass is 9.85. The summed E-state index contributed by atoms with van der Waals surface area (Å²) in [6.07, 6.45) is 4.46. The highest BCUT2D eigenvalue weighted by atomic mass is 35.5. The Morgan fingerprint density at radius 3 is 2.43 bits per heavy atom. The van der Waals surface area contributed by atoms with E-state index in [1.807, 2.05) is 11.8 Å². The van der Waals surface area contributed by atoms with Crippen molar-refractivity contribution in [3.05, 3.63) is 0 Å². The van der Waals surface area contributed by atoms with Gasteiger partial charge in [-0.2, -0.15) is 11.8 Å². The van der Waals surface area contributed by atoms with Crippen molar-refractivity contribution in [2.24, 2.45) is 5.41 Å². The maximum Gasteiger partial charge on any atom is 0.0238 e. The summed E-state index contributed by atoms with van der Waals surface area (Å²) in [5.41, 5.74) is 0.314. The van der Waals surface area contributed by atoms with Gasteiger partial charge in [0.15, 0.2) is 0 Å². The third kappa shape index (κ3) is 6.97. The van der Waals surface area contributed by atoms with Gasteiger partial charge in [-0.25, -0.2) is 0 Å². The first-order valence-corrected chi connectivity index (χ1v) is 7.23. The fraction of sp³-hybridized carbons (Fsp3) is 1.00. The molecule has 0 aliphatic heterocycles. The van der Waals surface area contributed by atoms with Gasteiger partial charge in [0.2, 0.25) is 0 Å². The monoisotopic (exact) mass is 237 g/mol. The Hall–Kier alpha value is 0.600. The van der Waals surface area contributed by atoms with Crippen LogP contribution in [0.1, 0.15) is 33.6 Å². The fourth-order valence-corrected chi connectivity index (χ4v) is 2.09. The number of halogens is 1. The highest BCUT2D eigenvalue weighted by Gasteiger charge is 2.22. The smallest absolute Gasteiger partial charge is 0.0238 e. The third-order valence-electron chi connectivity index (χ3n) is 2.36. The molecule has 0 saturated carbocycles. The van der Waals surface area contributed by atoms with E-state index in [1.54, 1.807) is 0 Å². The van der Waals surface area contributed by atoms with Gasteiger partial charge in [0.05, 0.1) is 0 Å². The molecule has 0 aliphatic carbocycles. The molecular formula is C11H24ClNS. The molecule has 0 bridgehead atoms. The van der Waals surface area contributed by atoms with Crippen molar-refractivity contribution in [3.8, 4) is 0 Å². The van der Waals surface area contributed by atoms with Gasteiger partial charge in [-0.15, -0.1) is 11.6 Å². The zero-order valence-electron chi connectivity index (χ0n) is 9.90. The second kappa shape index (κ2) is 7.84. The average Bonchev–Trinajstić information content (AvgIpc) is 2.08. The van der Waals surface area contributed by atoms with Gasteiger partial charge < -0.3 is 5.32 Å². The summed E-state index contributed by atoms with van der Waals surface area (Å²) in [5, 5.41) is 3.60. The first-order valence-electron chi connectivity index (χ1n) is 5.30. The van der Waals surface area contributed by atoms with Crippen LogP contribution in [-0.2, 0) is 0 Å². The van der Waals surface area contributed by atoms with Gasteiger partial charge >= 0.3 is 0 Å². The highest BCUT2D eigenvalue weighted by molar-refractivity contribution is 7.98. The van der Waals surface area contributed by atoms with Gasteiger partial charge in [0, 0.05) is 11.9 Å². The molecule has 0 amide bonds. The van der Waals surface area contributed by atoms with Crippen molar-refractivity contribution in [2.45, 2.75) is 39.7 Å². The number of nitrogens with one attached hydrogen (secondary N) is 1. The Balaban J connectivity index is 3.74. The summed E-state index contributed by atoms with van der Waals surface area (Å²) in [7, 11) is 0. The summed E-state index contributed by atoms with van der Waals surface area (Å²) in [5.74, 6) is 1.99. The topological polar surface area (TPSA) is 12.0 Å². The molecule has 1 nitrogen and oxygen atoms in total. The Morgan fingerprint density at radius 2 is 2.00 bits per heavy atom. The van der Waals surface area contributed by atoms with E-state index in [2.05, 4.69) is 32.3 Å². The molecule has 14 heavy (non-hydrogen) atoms. The first kappa shape index (κ1) is 14.6. The molecule has 1 unspecified atom stereocenters. The molecule has 86 valence electrons. The van der Waals surface area contributed by atoms with Crippen molar-refractivity contribution in [1.29, 1.82) is 0 Å². The Bertz CT molecular complexity index is 134. The summed E-state index contributed by atoms with van der Waals surface area (Å²) in [4.78, 5) is 0. The zero-order valence-corrected chi connectivity index (χ0v) is 11.5. The minimum atomic E-state index is 0.314. The van der Waals surface area contributed by atoms with E-state index in [0.29, 0.717) is 11.5 Å². The number of hydrogen-bond donors (Lipinski definition) is 1. The van der Waals surface area contributed by atoms with Crippen LogP contribution in [0.15, 0.2) is 0 Å². The van der Waals surface area contributed by atoms with E-state index in [-0.39, 0.29) is 0 Å². The quantitative estimate of drug-likeness (QED) is 0.538. The highest BCUT2D eigenvalue weighted by Crippen LogP contribution is 2.22. The predicted octanol–water partition coefficient (Wildman–Crippen LogP) is 3.37. The SMILES string of the molecule is CSCCCNC(CCCl)C(C)(C)C. The lowest BCUT2D eigenvalue weighted by Crippen LogP contribution is -2.41. The van der Waals surface area contributed by atoms with E-state index in [4.69, 9.17) is 11.6 Å². The number of hydrogen-bond acceptors (Lipinski definition) is 2. The molecule has 0 spiro atoms. The van der Waals surface area contributed by atoms with Crippen LogP contribution < -0.4 is 5.32 Å². The lowest BCUT2D eigenvalue weighted by Gasteiger charge is -2.31. The van der Waals surface area contributed by atoms with E-state index in [0.717, 1.165) is 18.8 Å². The van der Waals surface area contributed by atoms with Crippen LogP contribution in [-0.4, -0.2) is 30.5 Å². The fourth-order valence-electron chi connectivity index (χ4n) is 1.44. The molecule has 0 aromatic carbocycles. The summed E-state index contributed by atoms with van der Waals surface area (Å²) in [6, 6.07) is 0.543. The second-order valence-corrected chi connectivity index (χ2v) is 6.06. The molecular weight excluding hydrogens is 214 g/mol. The lowest BCUT2D eigenvalue weighted by molar-refractivity contribution is 0.263. The van der Waals surface area contributed by atoms with E-state index in [1.165, 1.54) is 12.2 Å². The largest absolute Gasteiger partial charge is 0.313 e. The minimum Gasteiger partial charge on any atom is -0.313 e. The van der Waals surface area contributed by atoms with Gasteiger partial charge in [-0.3, -0.25) is 0 Å². The van der Waals surface area contributed by atoms with Crippen LogP contribution in [0, 0.1) is 5.41 Å². The van der Waals surface area contributed by atoms with Gasteiger partial charge in [0.25, 0.3) is 0 Å². The molecule has 1 N–H and O–H groups in total. The standard InChI is InChI=1S/C11H24ClNS/c1-11(2,3)10(6-7-12)13-8-5-9-14-4/h10,13H,5-9H2,1-4H3. The second-order valence-electron chi connectivity index (χ2n) is 4.70. The normalized spacial score (nSPS) is 14.4. The summed E-state index contributed by atoms with van der Waals surface area (Å²) < 4.78 is 0. The predicted molar refractivity (Wildman–Crippen MR) is 69.6 cm³/mol. The Kier molecular flexibility index (Phi) is 8.17. The van der Waals surface area contributed by atoms with Crippen LogP contribution in [0.5, 0.6) is 0 Å². The van der Waals surface area contributed by atoms with Gasteiger partial charge in [-0.05, 0) is 36.8 Å². The molecule has 0 rings (SSSR count). The number of alkyl halides is 1. The Labute approximate surface area is 98.4 Å². The molecule has 0 saturated heterocycles. The van der Waals surface area contributed by atoms with E-state index >= 15 is 0 Å². The molecule has 0 heterocycles. The summed E-state index contributed by atoms with van der Waals surface area (Å²) >= 11 is 7.71. The van der Waals surface area contributed by atoms with Crippen LogP contribution in [0.25, 0.3) is 0 Å². The van der Waals surface area contributed by atoms with E-state index < -0.39 is 0 Å². The van der Waals surface area contributed by atoms with Gasteiger partial charge in [-0.1, -0.05) is 20.8 Å². The molecule has 0 aromatic rings. The maximum absolute atomic E-state index is 5.80. The molecule has 0 fully saturated rings. The molecule has 0 aromatic heterocycles. The van der Waals surface area contributed by atoms with E-state index in [9.17, 15) is 0 Å². The third-order valence-corrected chi connectivity index (χ3v) is 3.27. The summed E-state index contributed by atoms with van der Waals surface area (Å²) in [6.45, 7) is 7.92. The van der Waals surface area contributed by atoms with Crippen molar-refractivity contribution in [3.63, 3.8) is 0 Å². The number of thioether (sulfide) groups is 1. The molecule has 0 aliphatic rings. The molecule has 3 heteroatoms. The van der Waals surface area contributed by atoms with Crippen molar-refractivity contribution in [2.75, 3.05) is 24.4 Å². The average molecular weight is 238 g/mol. The van der Waals surface area contributed by atoms with Crippen molar-refractivity contribution in [1.82, 2.24) is 5.32 Å². The van der Waals surface area contributed by atoms with Crippen LogP contribution in [0.3, 0.4) is 0 Å². The maximum atomic E-state index is 5.80. The Morgan fingerprint density at radius 1 is 1.36 bits per heavy atom. The zero-order chi connectivity index (χ0) is 11.0. The molecule has 1 atom stereocenters. The van der Waals surface area contributed by atoms with Crippen LogP contribution >= 0.6 is 23.4 Å². The minimum absolute atomic E-state index is 0.314. The number of rotatable bonds is 7. The van der Waals surface area contributed by atoms with Crippen molar-refractivity contribution < 1.29 is 0 Å². The van der Waals surface area contributed by atoms with Crippen molar-refractivity contribution >= 4 is 23.4 Å². The first-order chi connectivity index (χ1) is 6.52. The van der Waals surface area contributed by atoms with Gasteiger partial charge in [0.1, 0.15) is 0 Å². The van der Waals surface area contributed by atoms with Crippen LogP contribution in [0.2, 0.25) is 0 Å².